The first-order valence-corrected chi connectivity index (χ1v) is 4.66. The van der Waals surface area contributed by atoms with Crippen LogP contribution in [0.15, 0.2) is 0 Å². The molecule has 12 heavy (non-hydrogen) atoms. The van der Waals surface area contributed by atoms with Crippen molar-refractivity contribution >= 4 is 5.91 Å². The fraction of sp³-hybridized carbons (Fsp3) is 0.889. The van der Waals surface area contributed by atoms with E-state index >= 15 is 0 Å². The van der Waals surface area contributed by atoms with Gasteiger partial charge < -0.3 is 10.6 Å². The Morgan fingerprint density at radius 2 is 1.92 bits per heavy atom. The lowest BCUT2D eigenvalue weighted by atomic mass is 10.3. The molecule has 0 radical (unpaired) electrons. The van der Waals surface area contributed by atoms with E-state index in [-0.39, 0.29) is 18.0 Å². The van der Waals surface area contributed by atoms with Crippen molar-refractivity contribution in [3.63, 3.8) is 0 Å². The molecular weight excluding hydrogens is 152 g/mol. The standard InChI is InChI=1S/C9H18N2O/c1-6(2)10-9(12)7(3)11-8-4-5-8/h6-8,11H,4-5H2,1-3H3,(H,10,12)/t7-/m0/s1. The molecule has 0 unspecified atom stereocenters. The van der Waals surface area contributed by atoms with E-state index in [1.165, 1.54) is 12.8 Å². The van der Waals surface area contributed by atoms with E-state index in [4.69, 9.17) is 0 Å². The lowest BCUT2D eigenvalue weighted by molar-refractivity contribution is -0.123. The molecule has 0 aliphatic heterocycles. The van der Waals surface area contributed by atoms with Gasteiger partial charge in [0, 0.05) is 12.1 Å². The van der Waals surface area contributed by atoms with Crippen LogP contribution in [-0.2, 0) is 4.79 Å². The van der Waals surface area contributed by atoms with Gasteiger partial charge in [-0.25, -0.2) is 0 Å². The normalized spacial score (nSPS) is 19.3. The van der Waals surface area contributed by atoms with Gasteiger partial charge in [0.15, 0.2) is 0 Å². The molecule has 0 bridgehead atoms. The highest BCUT2D eigenvalue weighted by molar-refractivity contribution is 5.81. The van der Waals surface area contributed by atoms with Gasteiger partial charge >= 0.3 is 0 Å². The summed E-state index contributed by atoms with van der Waals surface area (Å²) in [7, 11) is 0. The summed E-state index contributed by atoms with van der Waals surface area (Å²) in [6.07, 6.45) is 2.44. The minimum Gasteiger partial charge on any atom is -0.353 e. The van der Waals surface area contributed by atoms with E-state index in [1.807, 2.05) is 20.8 Å². The molecule has 1 saturated carbocycles. The number of hydrogen-bond donors (Lipinski definition) is 2. The minimum atomic E-state index is -0.0418. The minimum absolute atomic E-state index is 0.0418. The summed E-state index contributed by atoms with van der Waals surface area (Å²) in [6.45, 7) is 5.86. The molecule has 3 heteroatoms. The molecule has 1 rings (SSSR count). The number of hydrogen-bond acceptors (Lipinski definition) is 2. The molecule has 0 aromatic rings. The Morgan fingerprint density at radius 1 is 1.33 bits per heavy atom. The molecule has 1 amide bonds. The topological polar surface area (TPSA) is 41.1 Å². The predicted octanol–water partition coefficient (Wildman–Crippen LogP) is 0.651. The van der Waals surface area contributed by atoms with Gasteiger partial charge in [-0.15, -0.1) is 0 Å². The molecule has 0 aromatic carbocycles. The molecule has 0 aromatic heterocycles. The Balaban J connectivity index is 2.19. The summed E-state index contributed by atoms with van der Waals surface area (Å²) < 4.78 is 0. The first kappa shape index (κ1) is 9.52. The van der Waals surface area contributed by atoms with Crippen LogP contribution in [0.1, 0.15) is 33.6 Å². The molecule has 0 heterocycles. The molecule has 1 fully saturated rings. The van der Waals surface area contributed by atoms with Crippen molar-refractivity contribution in [1.82, 2.24) is 10.6 Å². The maximum absolute atomic E-state index is 11.3. The molecule has 3 nitrogen and oxygen atoms in total. The van der Waals surface area contributed by atoms with Crippen molar-refractivity contribution in [2.24, 2.45) is 0 Å². The lowest BCUT2D eigenvalue weighted by Gasteiger charge is -2.15. The van der Waals surface area contributed by atoms with Crippen molar-refractivity contribution in [3.05, 3.63) is 0 Å². The van der Waals surface area contributed by atoms with Crippen LogP contribution in [0.25, 0.3) is 0 Å². The van der Waals surface area contributed by atoms with Crippen molar-refractivity contribution in [1.29, 1.82) is 0 Å². The number of carbonyl (C=O) groups excluding carboxylic acids is 1. The Labute approximate surface area is 73.9 Å². The molecule has 1 aliphatic rings. The number of rotatable bonds is 4. The summed E-state index contributed by atoms with van der Waals surface area (Å²) in [5, 5.41) is 6.12. The zero-order valence-corrected chi connectivity index (χ0v) is 8.05. The molecule has 70 valence electrons. The highest BCUT2D eigenvalue weighted by Gasteiger charge is 2.25. The molecule has 2 N–H and O–H groups in total. The average molecular weight is 170 g/mol. The van der Waals surface area contributed by atoms with Gasteiger partial charge in [-0.05, 0) is 33.6 Å². The van der Waals surface area contributed by atoms with Crippen LogP contribution in [0, 0.1) is 0 Å². The van der Waals surface area contributed by atoms with Gasteiger partial charge in [-0.3, -0.25) is 4.79 Å². The van der Waals surface area contributed by atoms with Crippen LogP contribution >= 0.6 is 0 Å². The van der Waals surface area contributed by atoms with Crippen LogP contribution in [0.2, 0.25) is 0 Å². The fourth-order valence-electron chi connectivity index (χ4n) is 1.09. The van der Waals surface area contributed by atoms with Gasteiger partial charge in [0.25, 0.3) is 0 Å². The van der Waals surface area contributed by atoms with E-state index in [2.05, 4.69) is 10.6 Å². The van der Waals surface area contributed by atoms with Gasteiger partial charge in [0.2, 0.25) is 5.91 Å². The predicted molar refractivity (Wildman–Crippen MR) is 48.9 cm³/mol. The maximum Gasteiger partial charge on any atom is 0.237 e. The second-order valence-corrected chi connectivity index (χ2v) is 3.83. The monoisotopic (exact) mass is 170 g/mol. The van der Waals surface area contributed by atoms with Crippen LogP contribution in [0.4, 0.5) is 0 Å². The third-order valence-corrected chi connectivity index (χ3v) is 1.89. The SMILES string of the molecule is CC(C)NC(=O)[C@H](C)NC1CC1. The Morgan fingerprint density at radius 3 is 2.33 bits per heavy atom. The Hall–Kier alpha value is -0.570. The molecule has 1 aliphatic carbocycles. The quantitative estimate of drug-likeness (QED) is 0.650. The summed E-state index contributed by atoms with van der Waals surface area (Å²) in [4.78, 5) is 11.3. The zero-order valence-electron chi connectivity index (χ0n) is 8.05. The molecule has 0 spiro atoms. The van der Waals surface area contributed by atoms with Gasteiger partial charge in [-0.1, -0.05) is 0 Å². The largest absolute Gasteiger partial charge is 0.353 e. The molecular formula is C9H18N2O. The first-order chi connectivity index (χ1) is 5.59. The summed E-state index contributed by atoms with van der Waals surface area (Å²) in [5.74, 6) is 0.108. The second-order valence-electron chi connectivity index (χ2n) is 3.83. The van der Waals surface area contributed by atoms with E-state index in [0.29, 0.717) is 6.04 Å². The maximum atomic E-state index is 11.3. The highest BCUT2D eigenvalue weighted by Crippen LogP contribution is 2.19. The lowest BCUT2D eigenvalue weighted by Crippen LogP contribution is -2.45. The van der Waals surface area contributed by atoms with Crippen LogP contribution in [-0.4, -0.2) is 24.0 Å². The Bertz CT molecular complexity index is 164. The summed E-state index contributed by atoms with van der Waals surface area (Å²) in [6, 6.07) is 0.791. The molecule has 1 atom stereocenters. The first-order valence-electron chi connectivity index (χ1n) is 4.66. The number of carbonyl (C=O) groups is 1. The van der Waals surface area contributed by atoms with Crippen molar-refractivity contribution in [2.45, 2.75) is 51.7 Å². The number of nitrogens with one attached hydrogen (secondary N) is 2. The van der Waals surface area contributed by atoms with Crippen molar-refractivity contribution in [2.75, 3.05) is 0 Å². The summed E-state index contributed by atoms with van der Waals surface area (Å²) >= 11 is 0. The van der Waals surface area contributed by atoms with Crippen LogP contribution in [0.5, 0.6) is 0 Å². The number of amides is 1. The van der Waals surface area contributed by atoms with Crippen molar-refractivity contribution in [3.8, 4) is 0 Å². The third kappa shape index (κ3) is 3.22. The average Bonchev–Trinajstić information content (AvgIpc) is 2.70. The van der Waals surface area contributed by atoms with Gasteiger partial charge in [0.05, 0.1) is 6.04 Å². The fourth-order valence-corrected chi connectivity index (χ4v) is 1.09. The van der Waals surface area contributed by atoms with Crippen LogP contribution in [0.3, 0.4) is 0 Å². The van der Waals surface area contributed by atoms with E-state index < -0.39 is 0 Å². The van der Waals surface area contributed by atoms with Crippen LogP contribution < -0.4 is 10.6 Å². The Kier molecular flexibility index (Phi) is 3.09. The second kappa shape index (κ2) is 3.90. The van der Waals surface area contributed by atoms with Gasteiger partial charge in [-0.2, -0.15) is 0 Å². The summed E-state index contributed by atoms with van der Waals surface area (Å²) in [5.41, 5.74) is 0. The highest BCUT2D eigenvalue weighted by atomic mass is 16.2. The van der Waals surface area contributed by atoms with E-state index in [1.54, 1.807) is 0 Å². The smallest absolute Gasteiger partial charge is 0.237 e. The van der Waals surface area contributed by atoms with Crippen molar-refractivity contribution < 1.29 is 4.79 Å². The third-order valence-electron chi connectivity index (χ3n) is 1.89. The van der Waals surface area contributed by atoms with E-state index in [0.717, 1.165) is 0 Å². The van der Waals surface area contributed by atoms with E-state index in [9.17, 15) is 4.79 Å². The zero-order chi connectivity index (χ0) is 9.14. The van der Waals surface area contributed by atoms with Gasteiger partial charge in [0.1, 0.15) is 0 Å². The molecule has 0 saturated heterocycles.